The molecule has 1 aromatic rings. The highest BCUT2D eigenvalue weighted by Crippen LogP contribution is 2.22. The second-order valence-electron chi connectivity index (χ2n) is 4.90. The average molecular weight is 217 g/mol. The molecule has 1 fully saturated rings. The highest BCUT2D eigenvalue weighted by molar-refractivity contribution is 5.14. The van der Waals surface area contributed by atoms with Crippen LogP contribution >= 0.6 is 0 Å². The predicted molar refractivity (Wildman–Crippen MR) is 69.6 cm³/mol. The van der Waals surface area contributed by atoms with Gasteiger partial charge in [0.1, 0.15) is 0 Å². The zero-order chi connectivity index (χ0) is 11.2. The Labute approximate surface area is 99.3 Å². The van der Waals surface area contributed by atoms with Crippen LogP contribution in [0.15, 0.2) is 30.3 Å². The molecule has 0 aliphatic carbocycles. The van der Waals surface area contributed by atoms with Gasteiger partial charge in [-0.05, 0) is 43.7 Å². The van der Waals surface area contributed by atoms with Gasteiger partial charge in [-0.3, -0.25) is 0 Å². The molecule has 0 amide bonds. The maximum absolute atomic E-state index is 3.64. The molecular weight excluding hydrogens is 194 g/mol. The number of aryl methyl sites for hydroxylation is 1. The molecule has 2 rings (SSSR count). The van der Waals surface area contributed by atoms with Gasteiger partial charge in [0, 0.05) is 6.04 Å². The molecule has 1 aliphatic heterocycles. The van der Waals surface area contributed by atoms with Gasteiger partial charge in [0.15, 0.2) is 0 Å². The zero-order valence-corrected chi connectivity index (χ0v) is 10.3. The molecule has 0 spiro atoms. The largest absolute Gasteiger partial charge is 0.314 e. The first kappa shape index (κ1) is 11.7. The van der Waals surface area contributed by atoms with E-state index in [-0.39, 0.29) is 0 Å². The summed E-state index contributed by atoms with van der Waals surface area (Å²) in [7, 11) is 0. The molecule has 2 atom stereocenters. The summed E-state index contributed by atoms with van der Waals surface area (Å²) in [4.78, 5) is 0. The van der Waals surface area contributed by atoms with Crippen molar-refractivity contribution < 1.29 is 0 Å². The van der Waals surface area contributed by atoms with Crippen molar-refractivity contribution in [2.24, 2.45) is 5.92 Å². The SMILES string of the molecule is CC[C@H]1CCN[C@@H]1CCCc1ccccc1. The maximum atomic E-state index is 3.64. The van der Waals surface area contributed by atoms with Crippen LogP contribution in [0.3, 0.4) is 0 Å². The first-order valence-electron chi connectivity index (χ1n) is 6.67. The molecular formula is C15H23N. The summed E-state index contributed by atoms with van der Waals surface area (Å²) in [6.45, 7) is 3.55. The minimum Gasteiger partial charge on any atom is -0.314 e. The summed E-state index contributed by atoms with van der Waals surface area (Å²) in [6, 6.07) is 11.6. The lowest BCUT2D eigenvalue weighted by atomic mass is 9.93. The van der Waals surface area contributed by atoms with Crippen LogP contribution in [0.5, 0.6) is 0 Å². The van der Waals surface area contributed by atoms with E-state index in [9.17, 15) is 0 Å². The number of rotatable bonds is 5. The second-order valence-corrected chi connectivity index (χ2v) is 4.90. The van der Waals surface area contributed by atoms with E-state index in [0.29, 0.717) is 0 Å². The minimum atomic E-state index is 0.786. The summed E-state index contributed by atoms with van der Waals surface area (Å²) < 4.78 is 0. The quantitative estimate of drug-likeness (QED) is 0.797. The smallest absolute Gasteiger partial charge is 0.00958 e. The van der Waals surface area contributed by atoms with E-state index in [1.807, 2.05) is 0 Å². The van der Waals surface area contributed by atoms with Crippen LogP contribution in [-0.2, 0) is 6.42 Å². The van der Waals surface area contributed by atoms with Gasteiger partial charge in [-0.1, -0.05) is 43.7 Å². The normalized spacial score (nSPS) is 24.8. The lowest BCUT2D eigenvalue weighted by Crippen LogP contribution is -2.26. The van der Waals surface area contributed by atoms with Crippen LogP contribution in [0.4, 0.5) is 0 Å². The van der Waals surface area contributed by atoms with E-state index in [1.54, 1.807) is 0 Å². The molecule has 1 aromatic carbocycles. The Morgan fingerprint density at radius 1 is 1.25 bits per heavy atom. The monoisotopic (exact) mass is 217 g/mol. The first-order chi connectivity index (χ1) is 7.90. The zero-order valence-electron chi connectivity index (χ0n) is 10.3. The standard InChI is InChI=1S/C15H23N/c1-2-14-11-12-16-15(14)10-6-9-13-7-4-3-5-8-13/h3-5,7-8,14-16H,2,6,9-12H2,1H3/t14-,15+/m0/s1. The number of nitrogens with one attached hydrogen (secondary N) is 1. The van der Waals surface area contributed by atoms with Crippen molar-refractivity contribution >= 4 is 0 Å². The molecule has 1 N–H and O–H groups in total. The van der Waals surface area contributed by atoms with Crippen molar-refractivity contribution in [2.75, 3.05) is 6.54 Å². The average Bonchev–Trinajstić information content (AvgIpc) is 2.78. The van der Waals surface area contributed by atoms with Crippen molar-refractivity contribution in [1.82, 2.24) is 5.32 Å². The summed E-state index contributed by atoms with van der Waals surface area (Å²) in [6.07, 6.45) is 6.61. The third-order valence-electron chi connectivity index (χ3n) is 3.84. The minimum absolute atomic E-state index is 0.786. The molecule has 1 nitrogen and oxygen atoms in total. The fraction of sp³-hybridized carbons (Fsp3) is 0.600. The summed E-state index contributed by atoms with van der Waals surface area (Å²) in [5, 5.41) is 3.64. The summed E-state index contributed by atoms with van der Waals surface area (Å²) in [5.41, 5.74) is 1.48. The maximum Gasteiger partial charge on any atom is 0.00958 e. The molecule has 0 saturated carbocycles. The van der Waals surface area contributed by atoms with E-state index >= 15 is 0 Å². The van der Waals surface area contributed by atoms with Gasteiger partial charge in [0.25, 0.3) is 0 Å². The van der Waals surface area contributed by atoms with Gasteiger partial charge in [-0.15, -0.1) is 0 Å². The first-order valence-corrected chi connectivity index (χ1v) is 6.67. The number of hydrogen-bond acceptors (Lipinski definition) is 1. The molecule has 0 aromatic heterocycles. The molecule has 1 saturated heterocycles. The van der Waals surface area contributed by atoms with Crippen molar-refractivity contribution in [3.8, 4) is 0 Å². The highest BCUT2D eigenvalue weighted by Gasteiger charge is 2.24. The van der Waals surface area contributed by atoms with Crippen LogP contribution in [0, 0.1) is 5.92 Å². The number of benzene rings is 1. The lowest BCUT2D eigenvalue weighted by Gasteiger charge is -2.17. The molecule has 1 aliphatic rings. The van der Waals surface area contributed by atoms with Crippen molar-refractivity contribution in [1.29, 1.82) is 0 Å². The molecule has 0 unspecified atom stereocenters. The molecule has 16 heavy (non-hydrogen) atoms. The topological polar surface area (TPSA) is 12.0 Å². The Kier molecular flexibility index (Phi) is 4.41. The van der Waals surface area contributed by atoms with E-state index in [1.165, 1.54) is 44.2 Å². The Hall–Kier alpha value is -0.820. The molecule has 0 bridgehead atoms. The summed E-state index contributed by atoms with van der Waals surface area (Å²) >= 11 is 0. The Morgan fingerprint density at radius 2 is 2.06 bits per heavy atom. The van der Waals surface area contributed by atoms with Crippen LogP contribution in [-0.4, -0.2) is 12.6 Å². The van der Waals surface area contributed by atoms with Crippen molar-refractivity contribution in [3.63, 3.8) is 0 Å². The molecule has 0 radical (unpaired) electrons. The third-order valence-corrected chi connectivity index (χ3v) is 3.84. The Morgan fingerprint density at radius 3 is 2.81 bits per heavy atom. The van der Waals surface area contributed by atoms with E-state index in [4.69, 9.17) is 0 Å². The van der Waals surface area contributed by atoms with Gasteiger partial charge in [-0.2, -0.15) is 0 Å². The fourth-order valence-corrected chi connectivity index (χ4v) is 2.82. The number of hydrogen-bond donors (Lipinski definition) is 1. The Bertz CT molecular complexity index is 294. The summed E-state index contributed by atoms with van der Waals surface area (Å²) in [5.74, 6) is 0.927. The van der Waals surface area contributed by atoms with E-state index in [2.05, 4.69) is 42.6 Å². The fourth-order valence-electron chi connectivity index (χ4n) is 2.82. The van der Waals surface area contributed by atoms with E-state index < -0.39 is 0 Å². The van der Waals surface area contributed by atoms with Crippen LogP contribution in [0.1, 0.15) is 38.2 Å². The van der Waals surface area contributed by atoms with Gasteiger partial charge >= 0.3 is 0 Å². The molecule has 1 heterocycles. The molecule has 88 valence electrons. The van der Waals surface area contributed by atoms with Gasteiger partial charge in [0.05, 0.1) is 0 Å². The third kappa shape index (κ3) is 3.08. The van der Waals surface area contributed by atoms with Gasteiger partial charge in [0.2, 0.25) is 0 Å². The van der Waals surface area contributed by atoms with Crippen molar-refractivity contribution in [3.05, 3.63) is 35.9 Å². The van der Waals surface area contributed by atoms with Crippen LogP contribution in [0.2, 0.25) is 0 Å². The van der Waals surface area contributed by atoms with Gasteiger partial charge in [-0.25, -0.2) is 0 Å². The van der Waals surface area contributed by atoms with Gasteiger partial charge < -0.3 is 5.32 Å². The van der Waals surface area contributed by atoms with Crippen LogP contribution < -0.4 is 5.32 Å². The lowest BCUT2D eigenvalue weighted by molar-refractivity contribution is 0.404. The van der Waals surface area contributed by atoms with Crippen molar-refractivity contribution in [2.45, 2.75) is 45.1 Å². The second kappa shape index (κ2) is 6.05. The highest BCUT2D eigenvalue weighted by atomic mass is 14.9. The predicted octanol–water partition coefficient (Wildman–Crippen LogP) is 3.40. The van der Waals surface area contributed by atoms with Crippen LogP contribution in [0.25, 0.3) is 0 Å². The Balaban J connectivity index is 1.72. The van der Waals surface area contributed by atoms with E-state index in [0.717, 1.165) is 12.0 Å². The molecule has 1 heteroatoms.